The molecule has 0 fully saturated rings. The Hall–Kier alpha value is -7.42. The fourth-order valence-electron chi connectivity index (χ4n) is 10.3. The summed E-state index contributed by atoms with van der Waals surface area (Å²) in [6.07, 6.45) is 17.2. The van der Waals surface area contributed by atoms with Crippen LogP contribution in [0.15, 0.2) is 128 Å². The van der Waals surface area contributed by atoms with E-state index < -0.39 is 6.10 Å². The summed E-state index contributed by atoms with van der Waals surface area (Å²) in [5, 5.41) is 11.5. The van der Waals surface area contributed by atoms with E-state index in [1.165, 1.54) is 22.3 Å². The Morgan fingerprint density at radius 1 is 0.657 bits per heavy atom. The Balaban J connectivity index is 0.856. The van der Waals surface area contributed by atoms with Crippen molar-refractivity contribution in [2.24, 2.45) is 0 Å². The lowest BCUT2D eigenvalue weighted by Gasteiger charge is -2.23. The molecule has 0 amide bonds. The van der Waals surface area contributed by atoms with Crippen LogP contribution in [-0.4, -0.2) is 65.8 Å². The predicted octanol–water partition coefficient (Wildman–Crippen LogP) is 11.7. The highest BCUT2D eigenvalue weighted by Gasteiger charge is 2.32. The maximum atomic E-state index is 7.07. The molecule has 0 spiro atoms. The second-order valence-corrected chi connectivity index (χ2v) is 19.0. The van der Waals surface area contributed by atoms with Crippen LogP contribution >= 0.6 is 23.2 Å². The molecule has 8 aromatic rings. The first-order chi connectivity index (χ1) is 34.4. The Bertz CT molecular complexity index is 3250. The van der Waals surface area contributed by atoms with Crippen molar-refractivity contribution in [1.82, 2.24) is 39.0 Å². The topological polar surface area (TPSA) is 145 Å². The summed E-state index contributed by atoms with van der Waals surface area (Å²) in [6, 6.07) is 31.5. The van der Waals surface area contributed by atoms with Gasteiger partial charge in [0.25, 0.3) is 0 Å². The third-order valence-corrected chi connectivity index (χ3v) is 14.1. The number of halogens is 2. The third kappa shape index (κ3) is 8.77. The van der Waals surface area contributed by atoms with E-state index in [1.54, 1.807) is 25.0 Å². The standard InChI is InChI=1S/C54H50Cl2N12O2/c1-66-25-7-8-26-69-45-27-36(16-22-42(45)67-29-47(55)58-31-67)61-54-63-50-39(19-21-41(50)52(66)65-54)34-12-14-35(15-13-34)44-11-5-6-24-57-51-40-20-18-38(33-9-3-2-4-10-33)49(40)62-53(64-51)60-37-17-23-43(46(28-37)70-44)68-30-48(56)59-32-68/h2-5,9-17,22-23,27-32,38-39,44H,6-8,18-21,24-26H2,1H3,(H,61,63,65)(H2,57,60,62,64)/b11-5+. The Kier molecular flexibility index (Phi) is 11.8. The number of nitrogens with zero attached hydrogens (tertiary/aromatic N) is 9. The van der Waals surface area contributed by atoms with Gasteiger partial charge in [0.05, 0.1) is 29.4 Å². The van der Waals surface area contributed by atoms with Gasteiger partial charge in [0.1, 0.15) is 52.2 Å². The average Bonchev–Trinajstić information content (AvgIpc) is 4.21. The highest BCUT2D eigenvalue weighted by Crippen LogP contribution is 2.44. The van der Waals surface area contributed by atoms with Crippen molar-refractivity contribution >= 4 is 58.1 Å². The number of imidazole rings is 2. The SMILES string of the molecule is CN1CCCCOc2cc(ccc2-n2cnc(Cl)c2)Nc2nc3c(c1n2)CCC3c1ccc(C2/C=C/CCNc3nc(nc4c3CCC4c3ccccc3)Nc3ccc(-n4cnc(Cl)c4)c(c3)O2)cc1. The normalized spacial score (nSPS) is 19.0. The number of anilines is 6. The second kappa shape index (κ2) is 18.8. The molecule has 2 aliphatic heterocycles. The van der Waals surface area contributed by atoms with Crippen LogP contribution in [0.25, 0.3) is 11.4 Å². The molecule has 0 saturated heterocycles. The summed E-state index contributed by atoms with van der Waals surface area (Å²) in [7, 11) is 2.13. The highest BCUT2D eigenvalue weighted by molar-refractivity contribution is 6.29. The molecule has 3 unspecified atom stereocenters. The monoisotopic (exact) mass is 968 g/mol. The Morgan fingerprint density at radius 3 is 1.99 bits per heavy atom. The summed E-state index contributed by atoms with van der Waals surface area (Å²) in [4.78, 5) is 31.4. The Morgan fingerprint density at radius 2 is 1.29 bits per heavy atom. The molecule has 16 heteroatoms. The number of fused-ring (bicyclic) bond motifs is 12. The van der Waals surface area contributed by atoms with Gasteiger partial charge < -0.3 is 39.5 Å². The second-order valence-electron chi connectivity index (χ2n) is 18.2. The van der Waals surface area contributed by atoms with Crippen molar-refractivity contribution in [2.45, 2.75) is 62.9 Å². The summed E-state index contributed by atoms with van der Waals surface area (Å²) in [5.74, 6) is 4.58. The number of nitrogens with one attached hydrogen (secondary N) is 3. The van der Waals surface area contributed by atoms with Gasteiger partial charge in [-0.15, -0.1) is 0 Å². The molecule has 8 bridgehead atoms. The van der Waals surface area contributed by atoms with Gasteiger partial charge in [0, 0.05) is 79.0 Å². The fraction of sp³-hybridized carbons (Fsp3) is 0.259. The molecule has 2 aliphatic carbocycles. The summed E-state index contributed by atoms with van der Waals surface area (Å²) in [5.41, 5.74) is 11.2. The quantitative estimate of drug-likeness (QED) is 0.141. The summed E-state index contributed by atoms with van der Waals surface area (Å²) >= 11 is 12.6. The van der Waals surface area contributed by atoms with Crippen molar-refractivity contribution in [3.63, 3.8) is 0 Å². The number of hydrogen-bond donors (Lipinski definition) is 3. The van der Waals surface area contributed by atoms with Crippen LogP contribution in [0.5, 0.6) is 11.5 Å². The lowest BCUT2D eigenvalue weighted by Crippen LogP contribution is -2.22. The number of hydrogen-bond acceptors (Lipinski definition) is 12. The fourth-order valence-corrected chi connectivity index (χ4v) is 10.6. The minimum Gasteiger partial charge on any atom is -0.491 e. The number of rotatable bonds is 5. The summed E-state index contributed by atoms with van der Waals surface area (Å²) < 4.78 is 17.2. The van der Waals surface area contributed by atoms with Crippen molar-refractivity contribution in [1.29, 1.82) is 0 Å². The van der Waals surface area contributed by atoms with Gasteiger partial charge in [-0.2, -0.15) is 9.97 Å². The van der Waals surface area contributed by atoms with Crippen LogP contribution in [0.4, 0.5) is 34.9 Å². The molecule has 4 aromatic heterocycles. The van der Waals surface area contributed by atoms with E-state index in [9.17, 15) is 0 Å². The van der Waals surface area contributed by atoms with E-state index in [0.717, 1.165) is 109 Å². The molecule has 70 heavy (non-hydrogen) atoms. The molecule has 6 heterocycles. The van der Waals surface area contributed by atoms with Gasteiger partial charge in [-0.25, -0.2) is 19.9 Å². The van der Waals surface area contributed by atoms with Crippen molar-refractivity contribution < 1.29 is 9.47 Å². The van der Waals surface area contributed by atoms with Crippen molar-refractivity contribution in [3.05, 3.63) is 178 Å². The molecule has 4 aliphatic rings. The molecule has 352 valence electrons. The van der Waals surface area contributed by atoms with Crippen molar-refractivity contribution in [2.75, 3.05) is 47.6 Å². The van der Waals surface area contributed by atoms with Gasteiger partial charge >= 0.3 is 0 Å². The van der Waals surface area contributed by atoms with E-state index in [1.807, 2.05) is 45.5 Å². The number of benzene rings is 4. The number of ether oxygens (including phenoxy) is 2. The van der Waals surface area contributed by atoms with Crippen LogP contribution in [0, 0.1) is 0 Å². The molecular formula is C54H50Cl2N12O2. The zero-order chi connectivity index (χ0) is 47.1. The minimum absolute atomic E-state index is 0.0818. The zero-order valence-corrected chi connectivity index (χ0v) is 40.0. The first-order valence-electron chi connectivity index (χ1n) is 24.0. The van der Waals surface area contributed by atoms with Gasteiger partial charge in [-0.3, -0.25) is 0 Å². The van der Waals surface area contributed by atoms with E-state index in [-0.39, 0.29) is 11.8 Å². The smallest absolute Gasteiger partial charge is 0.229 e. The summed E-state index contributed by atoms with van der Waals surface area (Å²) in [6.45, 7) is 2.12. The third-order valence-electron chi connectivity index (χ3n) is 13.7. The van der Waals surface area contributed by atoms with Crippen LogP contribution < -0.4 is 30.3 Å². The molecule has 4 aromatic carbocycles. The molecule has 3 N–H and O–H groups in total. The van der Waals surface area contributed by atoms with Crippen LogP contribution in [0.3, 0.4) is 0 Å². The van der Waals surface area contributed by atoms with E-state index in [2.05, 4.69) is 105 Å². The minimum atomic E-state index is -0.419. The lowest BCUT2D eigenvalue weighted by atomic mass is 9.94. The highest BCUT2D eigenvalue weighted by atomic mass is 35.5. The molecule has 3 atom stereocenters. The van der Waals surface area contributed by atoms with Crippen LogP contribution in [-0.2, 0) is 12.8 Å². The largest absolute Gasteiger partial charge is 0.491 e. The molecule has 0 saturated carbocycles. The van der Waals surface area contributed by atoms with Gasteiger partial charge in [0.2, 0.25) is 11.9 Å². The average molecular weight is 970 g/mol. The van der Waals surface area contributed by atoms with E-state index in [0.29, 0.717) is 41.1 Å². The van der Waals surface area contributed by atoms with Crippen LogP contribution in [0.1, 0.15) is 89.2 Å². The maximum Gasteiger partial charge on any atom is 0.229 e. The Labute approximate surface area is 415 Å². The van der Waals surface area contributed by atoms with Gasteiger partial charge in [-0.1, -0.05) is 83.9 Å². The molecule has 0 radical (unpaired) electrons. The first kappa shape index (κ1) is 43.8. The predicted molar refractivity (Wildman–Crippen MR) is 275 cm³/mol. The van der Waals surface area contributed by atoms with E-state index >= 15 is 0 Å². The van der Waals surface area contributed by atoms with Gasteiger partial charge in [0.15, 0.2) is 0 Å². The zero-order valence-electron chi connectivity index (χ0n) is 38.5. The van der Waals surface area contributed by atoms with Gasteiger partial charge in [-0.05, 0) is 92.0 Å². The molecule has 14 nitrogen and oxygen atoms in total. The molecule has 12 rings (SSSR count). The lowest BCUT2D eigenvalue weighted by molar-refractivity contribution is 0.254. The molecular weight excluding hydrogens is 920 g/mol. The van der Waals surface area contributed by atoms with Crippen LogP contribution in [0.2, 0.25) is 10.3 Å². The number of aromatic nitrogens is 8. The van der Waals surface area contributed by atoms with Crippen molar-refractivity contribution in [3.8, 4) is 22.9 Å². The van der Waals surface area contributed by atoms with E-state index in [4.69, 9.17) is 52.6 Å². The first-order valence-corrected chi connectivity index (χ1v) is 24.7. The maximum absolute atomic E-state index is 7.07.